The zero-order valence-electron chi connectivity index (χ0n) is 18.4. The van der Waals surface area contributed by atoms with Gasteiger partial charge in [0.15, 0.2) is 5.96 Å². The van der Waals surface area contributed by atoms with E-state index in [2.05, 4.69) is 60.0 Å². The Hall–Kier alpha value is -2.54. The molecule has 2 rings (SSSR count). The summed E-state index contributed by atoms with van der Waals surface area (Å²) in [6.45, 7) is 12.5. The molecule has 0 atom stereocenters. The number of rotatable bonds is 11. The molecular weight excluding hydrogens is 366 g/mol. The summed E-state index contributed by atoms with van der Waals surface area (Å²) in [5.41, 5.74) is 2.21. The molecule has 1 aromatic carbocycles. The van der Waals surface area contributed by atoms with E-state index in [4.69, 9.17) is 14.5 Å². The summed E-state index contributed by atoms with van der Waals surface area (Å²) in [5, 5.41) is 6.68. The number of methoxy groups -OCH3 is 1. The van der Waals surface area contributed by atoms with Gasteiger partial charge in [0.25, 0.3) is 0 Å². The van der Waals surface area contributed by atoms with E-state index < -0.39 is 0 Å². The Morgan fingerprint density at radius 1 is 1.24 bits per heavy atom. The predicted octanol–water partition coefficient (Wildman–Crippen LogP) is 3.13. The molecule has 0 aliphatic heterocycles. The van der Waals surface area contributed by atoms with E-state index in [1.165, 1.54) is 0 Å². The van der Waals surface area contributed by atoms with Crippen LogP contribution < -0.4 is 15.4 Å². The third kappa shape index (κ3) is 7.77. The van der Waals surface area contributed by atoms with Crippen molar-refractivity contribution in [3.63, 3.8) is 0 Å². The summed E-state index contributed by atoms with van der Waals surface area (Å²) < 4.78 is 13.1. The molecule has 0 aliphatic carbocycles. The molecule has 0 radical (unpaired) electrons. The van der Waals surface area contributed by atoms with Crippen molar-refractivity contribution in [2.75, 3.05) is 26.9 Å². The number of hydrogen-bond acceptors (Lipinski definition) is 4. The van der Waals surface area contributed by atoms with Crippen molar-refractivity contribution in [2.45, 2.75) is 47.3 Å². The second kappa shape index (κ2) is 12.1. The molecule has 0 amide bonds. The summed E-state index contributed by atoms with van der Waals surface area (Å²) in [4.78, 5) is 9.21. The maximum atomic E-state index is 5.87. The monoisotopic (exact) mass is 401 g/mol. The molecule has 7 heteroatoms. The summed E-state index contributed by atoms with van der Waals surface area (Å²) in [7, 11) is 1.67. The van der Waals surface area contributed by atoms with Crippen LogP contribution in [0.3, 0.4) is 0 Å². The Bertz CT molecular complexity index is 770. The lowest BCUT2D eigenvalue weighted by atomic mass is 10.1. The van der Waals surface area contributed by atoms with Crippen LogP contribution in [0.1, 0.15) is 37.7 Å². The minimum Gasteiger partial charge on any atom is -0.491 e. The molecular formula is C22H35N5O2. The van der Waals surface area contributed by atoms with Gasteiger partial charge in [-0.2, -0.15) is 0 Å². The number of ether oxygens (including phenoxy) is 2. The minimum absolute atomic E-state index is 0.521. The molecule has 1 aromatic heterocycles. The second-order valence-corrected chi connectivity index (χ2v) is 7.39. The van der Waals surface area contributed by atoms with Gasteiger partial charge in [-0.05, 0) is 31.4 Å². The summed E-state index contributed by atoms with van der Waals surface area (Å²) in [5.74, 6) is 3.19. The van der Waals surface area contributed by atoms with Crippen molar-refractivity contribution >= 4 is 5.96 Å². The predicted molar refractivity (Wildman–Crippen MR) is 117 cm³/mol. The number of nitrogens with one attached hydrogen (secondary N) is 2. The van der Waals surface area contributed by atoms with Crippen LogP contribution in [0.2, 0.25) is 0 Å². The third-order valence-corrected chi connectivity index (χ3v) is 4.30. The Kier molecular flexibility index (Phi) is 9.50. The Morgan fingerprint density at radius 3 is 2.79 bits per heavy atom. The third-order valence-electron chi connectivity index (χ3n) is 4.30. The minimum atomic E-state index is 0.521. The first-order chi connectivity index (χ1) is 14.0. The molecule has 160 valence electrons. The number of aliphatic imine (C=N–C) groups is 1. The normalized spacial score (nSPS) is 11.7. The molecule has 0 spiro atoms. The standard InChI is InChI=1S/C22H35N5O2/c1-6-23-22(26-15-21-24-9-10-27(21)16-17(2)3)25-14-19-8-7-18(4)13-20(19)29-12-11-28-5/h7-10,13,17H,6,11-12,14-16H2,1-5H3,(H2,23,25,26). The highest BCUT2D eigenvalue weighted by Crippen LogP contribution is 2.21. The zero-order valence-corrected chi connectivity index (χ0v) is 18.4. The van der Waals surface area contributed by atoms with Crippen LogP contribution in [0, 0.1) is 12.8 Å². The molecule has 1 heterocycles. The largest absolute Gasteiger partial charge is 0.491 e. The number of imidazole rings is 1. The van der Waals surface area contributed by atoms with Gasteiger partial charge in [-0.3, -0.25) is 0 Å². The van der Waals surface area contributed by atoms with E-state index in [1.807, 2.05) is 18.5 Å². The molecule has 29 heavy (non-hydrogen) atoms. The lowest BCUT2D eigenvalue weighted by Crippen LogP contribution is -2.37. The van der Waals surface area contributed by atoms with Gasteiger partial charge in [-0.1, -0.05) is 26.0 Å². The van der Waals surface area contributed by atoms with Crippen molar-refractivity contribution in [1.29, 1.82) is 0 Å². The Labute approximate surface area is 174 Å². The van der Waals surface area contributed by atoms with Gasteiger partial charge >= 0.3 is 0 Å². The lowest BCUT2D eigenvalue weighted by Gasteiger charge is -2.15. The van der Waals surface area contributed by atoms with E-state index in [-0.39, 0.29) is 0 Å². The van der Waals surface area contributed by atoms with Crippen molar-refractivity contribution in [2.24, 2.45) is 10.9 Å². The zero-order chi connectivity index (χ0) is 21.1. The van der Waals surface area contributed by atoms with Crippen LogP contribution in [0.15, 0.2) is 35.6 Å². The highest BCUT2D eigenvalue weighted by molar-refractivity contribution is 5.79. The van der Waals surface area contributed by atoms with Gasteiger partial charge < -0.3 is 24.7 Å². The smallest absolute Gasteiger partial charge is 0.191 e. The fourth-order valence-electron chi connectivity index (χ4n) is 2.90. The molecule has 0 unspecified atom stereocenters. The molecule has 0 bridgehead atoms. The molecule has 0 fully saturated rings. The van der Waals surface area contributed by atoms with Crippen molar-refractivity contribution in [3.05, 3.63) is 47.5 Å². The van der Waals surface area contributed by atoms with Crippen LogP contribution in [-0.4, -0.2) is 42.4 Å². The fourth-order valence-corrected chi connectivity index (χ4v) is 2.90. The van der Waals surface area contributed by atoms with Gasteiger partial charge in [0.1, 0.15) is 18.2 Å². The van der Waals surface area contributed by atoms with Crippen LogP contribution in [-0.2, 0) is 24.4 Å². The van der Waals surface area contributed by atoms with Crippen molar-refractivity contribution < 1.29 is 9.47 Å². The number of aryl methyl sites for hydroxylation is 1. The number of hydrogen-bond donors (Lipinski definition) is 2. The quantitative estimate of drug-likeness (QED) is 0.344. The van der Waals surface area contributed by atoms with Gasteiger partial charge in [-0.15, -0.1) is 0 Å². The SMILES string of the molecule is CCNC(=NCc1ccc(C)cc1OCCOC)NCc1nccn1CC(C)C. The van der Waals surface area contributed by atoms with E-state index in [9.17, 15) is 0 Å². The number of aromatic nitrogens is 2. The maximum absolute atomic E-state index is 5.87. The Balaban J connectivity index is 2.04. The number of nitrogens with zero attached hydrogens (tertiary/aromatic N) is 3. The molecule has 0 saturated heterocycles. The average Bonchev–Trinajstić information content (AvgIpc) is 3.11. The van der Waals surface area contributed by atoms with Crippen LogP contribution in [0.4, 0.5) is 0 Å². The summed E-state index contributed by atoms with van der Waals surface area (Å²) in [6, 6.07) is 6.20. The first-order valence-corrected chi connectivity index (χ1v) is 10.3. The summed E-state index contributed by atoms with van der Waals surface area (Å²) >= 11 is 0. The second-order valence-electron chi connectivity index (χ2n) is 7.39. The molecule has 0 aliphatic rings. The summed E-state index contributed by atoms with van der Waals surface area (Å²) in [6.07, 6.45) is 3.87. The van der Waals surface area contributed by atoms with E-state index in [1.54, 1.807) is 7.11 Å². The number of benzene rings is 1. The van der Waals surface area contributed by atoms with Gasteiger partial charge in [0.2, 0.25) is 0 Å². The Morgan fingerprint density at radius 2 is 2.07 bits per heavy atom. The fraction of sp³-hybridized carbons (Fsp3) is 0.545. The van der Waals surface area contributed by atoms with Crippen LogP contribution >= 0.6 is 0 Å². The first kappa shape index (κ1) is 22.7. The lowest BCUT2D eigenvalue weighted by molar-refractivity contribution is 0.145. The van der Waals surface area contributed by atoms with Crippen molar-refractivity contribution in [3.8, 4) is 5.75 Å². The molecule has 7 nitrogen and oxygen atoms in total. The maximum Gasteiger partial charge on any atom is 0.191 e. The molecule has 0 saturated carbocycles. The van der Waals surface area contributed by atoms with Gasteiger partial charge in [-0.25, -0.2) is 9.98 Å². The topological polar surface area (TPSA) is 72.7 Å². The van der Waals surface area contributed by atoms with Crippen LogP contribution in [0.5, 0.6) is 5.75 Å². The van der Waals surface area contributed by atoms with E-state index in [0.717, 1.165) is 41.7 Å². The molecule has 2 aromatic rings. The van der Waals surface area contributed by atoms with E-state index >= 15 is 0 Å². The van der Waals surface area contributed by atoms with Crippen molar-refractivity contribution in [1.82, 2.24) is 20.2 Å². The highest BCUT2D eigenvalue weighted by Gasteiger charge is 2.08. The highest BCUT2D eigenvalue weighted by atomic mass is 16.5. The van der Waals surface area contributed by atoms with Gasteiger partial charge in [0.05, 0.1) is 19.7 Å². The van der Waals surface area contributed by atoms with Crippen LogP contribution in [0.25, 0.3) is 0 Å². The molecule has 2 N–H and O–H groups in total. The van der Waals surface area contributed by atoms with Gasteiger partial charge in [0, 0.05) is 38.2 Å². The average molecular weight is 402 g/mol. The number of guanidine groups is 1. The van der Waals surface area contributed by atoms with E-state index in [0.29, 0.717) is 32.2 Å². The first-order valence-electron chi connectivity index (χ1n) is 10.3.